The number of methoxy groups -OCH3 is 1. The number of halogens is 1. The molecule has 2 heterocycles. The van der Waals surface area contributed by atoms with E-state index in [1.807, 2.05) is 4.57 Å². The molecule has 26 heavy (non-hydrogen) atoms. The molecule has 0 fully saturated rings. The minimum atomic E-state index is -0.405. The summed E-state index contributed by atoms with van der Waals surface area (Å²) in [4.78, 5) is 12.1. The lowest BCUT2D eigenvalue weighted by atomic mass is 10.3. The minimum absolute atomic E-state index is 0.111. The van der Waals surface area contributed by atoms with Crippen LogP contribution in [0.2, 0.25) is 0 Å². The van der Waals surface area contributed by atoms with Crippen LogP contribution in [-0.4, -0.2) is 40.1 Å². The van der Waals surface area contributed by atoms with Crippen molar-refractivity contribution in [2.24, 2.45) is 0 Å². The second-order valence-corrected chi connectivity index (χ2v) is 6.22. The quantitative estimate of drug-likeness (QED) is 0.609. The van der Waals surface area contributed by atoms with E-state index in [0.29, 0.717) is 35.6 Å². The molecular formula is C17H17FN4O3S. The highest BCUT2D eigenvalue weighted by atomic mass is 32.2. The van der Waals surface area contributed by atoms with Gasteiger partial charge >= 0.3 is 0 Å². The number of hydrogen-bond donors (Lipinski definition) is 1. The smallest absolute Gasteiger partial charge is 0.234 e. The Labute approximate surface area is 153 Å². The standard InChI is InChI=1S/C17H17FN4O3S/c1-24-9-7-22-16(14-6-3-8-25-14)20-21-17(22)26-11-15(23)19-13-5-2-4-12(18)10-13/h2-6,8,10H,7,9,11H2,1H3,(H,19,23). The molecule has 0 bridgehead atoms. The van der Waals surface area contributed by atoms with E-state index in [9.17, 15) is 9.18 Å². The first-order chi connectivity index (χ1) is 12.7. The third kappa shape index (κ3) is 4.50. The zero-order chi connectivity index (χ0) is 18.4. The summed E-state index contributed by atoms with van der Waals surface area (Å²) in [5, 5.41) is 11.5. The van der Waals surface area contributed by atoms with Gasteiger partial charge in [-0.3, -0.25) is 9.36 Å². The van der Waals surface area contributed by atoms with E-state index in [4.69, 9.17) is 9.15 Å². The molecule has 0 spiro atoms. The molecule has 1 amide bonds. The number of hydrogen-bond acceptors (Lipinski definition) is 6. The lowest BCUT2D eigenvalue weighted by molar-refractivity contribution is -0.113. The Kier molecular flexibility index (Phi) is 6.03. The maximum atomic E-state index is 13.2. The van der Waals surface area contributed by atoms with Gasteiger partial charge in [-0.1, -0.05) is 17.8 Å². The largest absolute Gasteiger partial charge is 0.461 e. The van der Waals surface area contributed by atoms with Crippen LogP contribution in [0, 0.1) is 5.82 Å². The van der Waals surface area contributed by atoms with Gasteiger partial charge in [-0.15, -0.1) is 10.2 Å². The zero-order valence-electron chi connectivity index (χ0n) is 14.0. The molecule has 0 aliphatic heterocycles. The first-order valence-corrected chi connectivity index (χ1v) is 8.80. The van der Waals surface area contributed by atoms with Gasteiger partial charge in [0.2, 0.25) is 11.7 Å². The van der Waals surface area contributed by atoms with Crippen molar-refractivity contribution in [2.75, 3.05) is 24.8 Å². The van der Waals surface area contributed by atoms with Crippen LogP contribution in [0.15, 0.2) is 52.2 Å². The third-order valence-electron chi connectivity index (χ3n) is 3.42. The Morgan fingerprint density at radius 3 is 2.96 bits per heavy atom. The molecule has 1 N–H and O–H groups in total. The number of amides is 1. The third-order valence-corrected chi connectivity index (χ3v) is 4.38. The Bertz CT molecular complexity index is 867. The molecule has 0 radical (unpaired) electrons. The van der Waals surface area contributed by atoms with Crippen LogP contribution in [0.4, 0.5) is 10.1 Å². The van der Waals surface area contributed by atoms with Crippen LogP contribution < -0.4 is 5.32 Å². The number of carbonyl (C=O) groups is 1. The molecule has 3 aromatic rings. The molecule has 9 heteroatoms. The summed E-state index contributed by atoms with van der Waals surface area (Å²) < 4.78 is 25.5. The molecule has 136 valence electrons. The van der Waals surface area contributed by atoms with Crippen LogP contribution in [0.1, 0.15) is 0 Å². The minimum Gasteiger partial charge on any atom is -0.461 e. The van der Waals surface area contributed by atoms with Gasteiger partial charge in [-0.2, -0.15) is 0 Å². The number of nitrogens with zero attached hydrogens (tertiary/aromatic N) is 3. The Morgan fingerprint density at radius 1 is 1.35 bits per heavy atom. The van der Waals surface area contributed by atoms with E-state index in [1.165, 1.54) is 30.0 Å². The van der Waals surface area contributed by atoms with E-state index >= 15 is 0 Å². The van der Waals surface area contributed by atoms with Crippen molar-refractivity contribution in [2.45, 2.75) is 11.7 Å². The second kappa shape index (κ2) is 8.63. The molecule has 0 aliphatic rings. The monoisotopic (exact) mass is 376 g/mol. The van der Waals surface area contributed by atoms with Crippen molar-refractivity contribution in [3.63, 3.8) is 0 Å². The Balaban J connectivity index is 1.68. The number of carbonyl (C=O) groups excluding carboxylic acids is 1. The number of thioether (sulfide) groups is 1. The van der Waals surface area contributed by atoms with E-state index in [1.54, 1.807) is 31.6 Å². The van der Waals surface area contributed by atoms with Gasteiger partial charge in [0.25, 0.3) is 0 Å². The first-order valence-electron chi connectivity index (χ1n) is 7.81. The molecule has 0 atom stereocenters. The lowest BCUT2D eigenvalue weighted by Crippen LogP contribution is -2.15. The van der Waals surface area contributed by atoms with Crippen LogP contribution >= 0.6 is 11.8 Å². The van der Waals surface area contributed by atoms with Crippen molar-refractivity contribution in [3.05, 3.63) is 48.5 Å². The van der Waals surface area contributed by atoms with Gasteiger partial charge in [-0.05, 0) is 30.3 Å². The van der Waals surface area contributed by atoms with Crippen molar-refractivity contribution in [3.8, 4) is 11.6 Å². The fourth-order valence-electron chi connectivity index (χ4n) is 2.26. The van der Waals surface area contributed by atoms with Gasteiger partial charge in [0, 0.05) is 12.8 Å². The average molecular weight is 376 g/mol. The highest BCUT2D eigenvalue weighted by molar-refractivity contribution is 7.99. The first kappa shape index (κ1) is 18.2. The molecule has 2 aromatic heterocycles. The number of anilines is 1. The van der Waals surface area contributed by atoms with Crippen molar-refractivity contribution in [1.82, 2.24) is 14.8 Å². The van der Waals surface area contributed by atoms with E-state index in [0.717, 1.165) is 0 Å². The topological polar surface area (TPSA) is 82.2 Å². The maximum absolute atomic E-state index is 13.2. The zero-order valence-corrected chi connectivity index (χ0v) is 14.8. The van der Waals surface area contributed by atoms with E-state index < -0.39 is 5.82 Å². The van der Waals surface area contributed by atoms with Crippen LogP contribution in [-0.2, 0) is 16.1 Å². The molecular weight excluding hydrogens is 359 g/mol. The molecule has 0 unspecified atom stereocenters. The lowest BCUT2D eigenvalue weighted by Gasteiger charge is -2.08. The summed E-state index contributed by atoms with van der Waals surface area (Å²) in [6.07, 6.45) is 1.56. The predicted molar refractivity (Wildman–Crippen MR) is 95.4 cm³/mol. The summed E-state index contributed by atoms with van der Waals surface area (Å²) in [5.74, 6) is 0.601. The summed E-state index contributed by atoms with van der Waals surface area (Å²) in [6, 6.07) is 9.30. The molecule has 3 rings (SSSR count). The summed E-state index contributed by atoms with van der Waals surface area (Å²) in [7, 11) is 1.61. The molecule has 7 nitrogen and oxygen atoms in total. The van der Waals surface area contributed by atoms with Gasteiger partial charge in [0.15, 0.2) is 10.9 Å². The molecule has 0 saturated carbocycles. The number of furan rings is 1. The summed E-state index contributed by atoms with van der Waals surface area (Å²) in [5.41, 5.74) is 0.410. The average Bonchev–Trinajstić information content (AvgIpc) is 3.27. The van der Waals surface area contributed by atoms with Crippen molar-refractivity contribution >= 4 is 23.4 Å². The highest BCUT2D eigenvalue weighted by Gasteiger charge is 2.17. The number of nitrogens with one attached hydrogen (secondary N) is 1. The highest BCUT2D eigenvalue weighted by Crippen LogP contribution is 2.24. The van der Waals surface area contributed by atoms with E-state index in [2.05, 4.69) is 15.5 Å². The Morgan fingerprint density at radius 2 is 2.23 bits per heavy atom. The molecule has 0 saturated heterocycles. The van der Waals surface area contributed by atoms with Gasteiger partial charge in [0.05, 0.1) is 25.2 Å². The molecule has 1 aromatic carbocycles. The maximum Gasteiger partial charge on any atom is 0.234 e. The van der Waals surface area contributed by atoms with E-state index in [-0.39, 0.29) is 11.7 Å². The number of ether oxygens (including phenoxy) is 1. The van der Waals surface area contributed by atoms with Gasteiger partial charge in [-0.25, -0.2) is 4.39 Å². The number of aromatic nitrogens is 3. The van der Waals surface area contributed by atoms with Gasteiger partial charge < -0.3 is 14.5 Å². The van der Waals surface area contributed by atoms with Crippen molar-refractivity contribution < 1.29 is 18.3 Å². The molecule has 0 aliphatic carbocycles. The normalized spacial score (nSPS) is 10.8. The Hall–Kier alpha value is -2.65. The SMILES string of the molecule is COCCn1c(SCC(=O)Nc2cccc(F)c2)nnc1-c1ccco1. The van der Waals surface area contributed by atoms with Crippen molar-refractivity contribution in [1.29, 1.82) is 0 Å². The fraction of sp³-hybridized carbons (Fsp3) is 0.235. The number of benzene rings is 1. The van der Waals surface area contributed by atoms with Crippen LogP contribution in [0.5, 0.6) is 0 Å². The van der Waals surface area contributed by atoms with Crippen LogP contribution in [0.25, 0.3) is 11.6 Å². The summed E-state index contributed by atoms with van der Waals surface area (Å²) >= 11 is 1.23. The second-order valence-electron chi connectivity index (χ2n) is 5.28. The van der Waals surface area contributed by atoms with Crippen LogP contribution in [0.3, 0.4) is 0 Å². The fourth-order valence-corrected chi connectivity index (χ4v) is 3.03. The number of rotatable bonds is 8. The summed E-state index contributed by atoms with van der Waals surface area (Å²) in [6.45, 7) is 0.988. The predicted octanol–water partition coefficient (Wildman–Crippen LogP) is 3.05. The van der Waals surface area contributed by atoms with Gasteiger partial charge in [0.1, 0.15) is 5.82 Å².